The molecule has 86 valence electrons. The van der Waals surface area contributed by atoms with Crippen molar-refractivity contribution in [2.75, 3.05) is 26.8 Å². The van der Waals surface area contributed by atoms with Crippen LogP contribution in [0.15, 0.2) is 0 Å². The Morgan fingerprint density at radius 2 is 1.73 bits per heavy atom. The number of hydrogen-bond donors (Lipinski definition) is 0. The van der Waals surface area contributed by atoms with E-state index in [0.29, 0.717) is 13.2 Å². The third-order valence-electron chi connectivity index (χ3n) is 2.90. The highest BCUT2D eigenvalue weighted by Crippen LogP contribution is 2.28. The van der Waals surface area contributed by atoms with E-state index in [0.717, 1.165) is 6.42 Å². The highest BCUT2D eigenvalue weighted by atomic mass is 17.2. The largest absolute Gasteiger partial charge is 0.353 e. The lowest BCUT2D eigenvalue weighted by molar-refractivity contribution is -0.347. The van der Waals surface area contributed by atoms with Crippen LogP contribution in [-0.2, 0) is 28.7 Å². The van der Waals surface area contributed by atoms with Gasteiger partial charge in [-0.1, -0.05) is 0 Å². The van der Waals surface area contributed by atoms with Gasteiger partial charge in [-0.3, -0.25) is 0 Å². The summed E-state index contributed by atoms with van der Waals surface area (Å²) >= 11 is 0. The summed E-state index contributed by atoms with van der Waals surface area (Å²) in [5.74, 6) is 0. The van der Waals surface area contributed by atoms with Crippen molar-refractivity contribution in [1.29, 1.82) is 0 Å². The van der Waals surface area contributed by atoms with E-state index in [4.69, 9.17) is 28.7 Å². The van der Waals surface area contributed by atoms with Crippen LogP contribution >= 0.6 is 0 Å². The molecule has 3 rings (SSSR count). The third kappa shape index (κ3) is 1.89. The van der Waals surface area contributed by atoms with Crippen LogP contribution in [0.25, 0.3) is 0 Å². The summed E-state index contributed by atoms with van der Waals surface area (Å²) in [7, 11) is 0. The summed E-state index contributed by atoms with van der Waals surface area (Å²) in [6, 6.07) is 0. The zero-order valence-corrected chi connectivity index (χ0v) is 8.29. The smallest absolute Gasteiger partial charge is 0.147 e. The lowest BCUT2D eigenvalue weighted by Crippen LogP contribution is -2.56. The van der Waals surface area contributed by atoms with Gasteiger partial charge in [0.25, 0.3) is 0 Å². The predicted octanol–water partition coefficient (Wildman–Crippen LogP) is -0.179. The lowest BCUT2D eigenvalue weighted by atomic mass is 10.00. The minimum Gasteiger partial charge on any atom is -0.353 e. The van der Waals surface area contributed by atoms with Crippen LogP contribution in [-0.4, -0.2) is 51.2 Å². The molecular weight excluding hydrogens is 204 g/mol. The van der Waals surface area contributed by atoms with E-state index in [1.54, 1.807) is 0 Å². The Morgan fingerprint density at radius 1 is 0.867 bits per heavy atom. The van der Waals surface area contributed by atoms with Gasteiger partial charge in [0, 0.05) is 6.42 Å². The van der Waals surface area contributed by atoms with Crippen LogP contribution in [0.3, 0.4) is 0 Å². The molecule has 0 bridgehead atoms. The van der Waals surface area contributed by atoms with Crippen LogP contribution in [0.1, 0.15) is 6.42 Å². The predicted molar refractivity (Wildman–Crippen MR) is 45.7 cm³/mol. The van der Waals surface area contributed by atoms with Gasteiger partial charge in [-0.05, 0) is 0 Å². The van der Waals surface area contributed by atoms with E-state index in [9.17, 15) is 0 Å². The fourth-order valence-corrected chi connectivity index (χ4v) is 2.13. The maximum Gasteiger partial charge on any atom is 0.147 e. The second kappa shape index (κ2) is 4.32. The molecule has 0 saturated carbocycles. The van der Waals surface area contributed by atoms with Crippen LogP contribution in [0.4, 0.5) is 0 Å². The van der Waals surface area contributed by atoms with Crippen molar-refractivity contribution in [2.24, 2.45) is 0 Å². The molecule has 0 N–H and O–H groups in total. The number of hydrogen-bond acceptors (Lipinski definition) is 6. The second-order valence-electron chi connectivity index (χ2n) is 3.82. The molecule has 15 heavy (non-hydrogen) atoms. The Kier molecular flexibility index (Phi) is 2.87. The van der Waals surface area contributed by atoms with Crippen molar-refractivity contribution in [3.05, 3.63) is 0 Å². The fourth-order valence-electron chi connectivity index (χ4n) is 2.13. The zero-order chi connectivity index (χ0) is 10.1. The highest BCUT2D eigenvalue weighted by Gasteiger charge is 2.44. The molecule has 3 aliphatic rings. The summed E-state index contributed by atoms with van der Waals surface area (Å²) in [4.78, 5) is 10.0. The van der Waals surface area contributed by atoms with E-state index >= 15 is 0 Å². The maximum absolute atomic E-state index is 5.52. The molecule has 6 heteroatoms. The first-order valence-corrected chi connectivity index (χ1v) is 5.16. The minimum absolute atomic E-state index is 0.0540. The Labute approximate surface area is 87.3 Å². The van der Waals surface area contributed by atoms with Crippen LogP contribution < -0.4 is 0 Å². The second-order valence-corrected chi connectivity index (χ2v) is 3.82. The van der Waals surface area contributed by atoms with Crippen LogP contribution in [0, 0.1) is 0 Å². The van der Waals surface area contributed by atoms with E-state index < -0.39 is 0 Å². The van der Waals surface area contributed by atoms with Gasteiger partial charge >= 0.3 is 0 Å². The van der Waals surface area contributed by atoms with Crippen molar-refractivity contribution in [3.8, 4) is 0 Å². The minimum atomic E-state index is -0.116. The number of fused-ring (bicyclic) bond motifs is 1. The molecule has 0 unspecified atom stereocenters. The SMILES string of the molecule is C1C[C@H]([C@@H]2OCO[C@@H]3COCO[C@H]23)OO1. The molecule has 4 atom stereocenters. The molecule has 0 radical (unpaired) electrons. The monoisotopic (exact) mass is 218 g/mol. The van der Waals surface area contributed by atoms with Crippen molar-refractivity contribution in [2.45, 2.75) is 30.8 Å². The number of ether oxygens (including phenoxy) is 4. The molecule has 0 aliphatic carbocycles. The standard InChI is InChI=1S/C9H14O6/c1-2-14-15-6(1)8-9-7(11-5-13-8)3-10-4-12-9/h6-9H,1-5H2/t6-,7-,8+,9+/m1/s1. The lowest BCUT2D eigenvalue weighted by Gasteiger charge is -2.41. The fraction of sp³-hybridized carbons (Fsp3) is 1.00. The average molecular weight is 218 g/mol. The quantitative estimate of drug-likeness (QED) is 0.569. The van der Waals surface area contributed by atoms with E-state index in [1.165, 1.54) is 0 Å². The van der Waals surface area contributed by atoms with Gasteiger partial charge in [-0.2, -0.15) is 0 Å². The molecule has 3 heterocycles. The molecule has 0 aromatic rings. The Balaban J connectivity index is 1.69. The number of rotatable bonds is 1. The van der Waals surface area contributed by atoms with Crippen molar-refractivity contribution in [1.82, 2.24) is 0 Å². The van der Waals surface area contributed by atoms with Crippen LogP contribution in [0.5, 0.6) is 0 Å². The van der Waals surface area contributed by atoms with Crippen LogP contribution in [0.2, 0.25) is 0 Å². The summed E-state index contributed by atoms with van der Waals surface area (Å²) in [6.45, 7) is 1.72. The Morgan fingerprint density at radius 3 is 2.60 bits per heavy atom. The first-order valence-electron chi connectivity index (χ1n) is 5.16. The van der Waals surface area contributed by atoms with Gasteiger partial charge in [0.1, 0.15) is 38.0 Å². The van der Waals surface area contributed by atoms with Gasteiger partial charge in [-0.25, -0.2) is 9.78 Å². The molecule has 3 aliphatic heterocycles. The topological polar surface area (TPSA) is 55.4 Å². The molecule has 6 nitrogen and oxygen atoms in total. The molecule has 0 aromatic heterocycles. The zero-order valence-electron chi connectivity index (χ0n) is 8.29. The summed E-state index contributed by atoms with van der Waals surface area (Å²) in [5.41, 5.74) is 0. The third-order valence-corrected chi connectivity index (χ3v) is 2.90. The first-order chi connectivity index (χ1) is 7.45. The highest BCUT2D eigenvalue weighted by molar-refractivity contribution is 4.88. The van der Waals surface area contributed by atoms with Gasteiger partial charge in [-0.15, -0.1) is 0 Å². The molecule has 0 aromatic carbocycles. The van der Waals surface area contributed by atoms with Crippen molar-refractivity contribution in [3.63, 3.8) is 0 Å². The summed E-state index contributed by atoms with van der Waals surface area (Å²) in [5, 5.41) is 0. The van der Waals surface area contributed by atoms with E-state index in [1.807, 2.05) is 0 Å². The van der Waals surface area contributed by atoms with Crippen molar-refractivity contribution < 1.29 is 28.7 Å². The summed E-state index contributed by atoms with van der Waals surface area (Å²) in [6.07, 6.45) is 0.494. The average Bonchev–Trinajstić information content (AvgIpc) is 2.82. The molecule has 0 amide bonds. The molecular formula is C9H14O6. The van der Waals surface area contributed by atoms with Gasteiger partial charge in [0.05, 0.1) is 13.2 Å². The molecule has 3 saturated heterocycles. The maximum atomic E-state index is 5.52. The first kappa shape index (κ1) is 9.95. The summed E-state index contributed by atoms with van der Waals surface area (Å²) < 4.78 is 21.6. The van der Waals surface area contributed by atoms with E-state index in [2.05, 4.69) is 0 Å². The normalized spacial score (nSPS) is 46.4. The molecule has 3 fully saturated rings. The van der Waals surface area contributed by atoms with Gasteiger partial charge in [0.2, 0.25) is 0 Å². The van der Waals surface area contributed by atoms with Gasteiger partial charge in [0.15, 0.2) is 0 Å². The van der Waals surface area contributed by atoms with E-state index in [-0.39, 0.29) is 38.0 Å². The van der Waals surface area contributed by atoms with Gasteiger partial charge < -0.3 is 18.9 Å². The molecule has 0 spiro atoms. The Bertz CT molecular complexity index is 215. The Hall–Kier alpha value is -0.240. The van der Waals surface area contributed by atoms with Crippen molar-refractivity contribution >= 4 is 0 Å².